The van der Waals surface area contributed by atoms with Gasteiger partial charge in [0.2, 0.25) is 0 Å². The number of amides is 1. The van der Waals surface area contributed by atoms with Crippen molar-refractivity contribution in [3.05, 3.63) is 26.6 Å². The fourth-order valence-electron chi connectivity index (χ4n) is 3.27. The lowest BCUT2D eigenvalue weighted by Crippen LogP contribution is -2.34. The first-order valence-corrected chi connectivity index (χ1v) is 12.5. The van der Waals surface area contributed by atoms with Crippen molar-refractivity contribution in [2.45, 2.75) is 32.1 Å². The van der Waals surface area contributed by atoms with Crippen LogP contribution in [0.25, 0.3) is 0 Å². The number of benzene rings is 1. The first kappa shape index (κ1) is 39.2. The second-order valence-corrected chi connectivity index (χ2v) is 9.59. The van der Waals surface area contributed by atoms with E-state index in [4.69, 9.17) is 10.5 Å². The van der Waals surface area contributed by atoms with Gasteiger partial charge in [0.15, 0.2) is 0 Å². The fraction of sp³-hybridized carbons (Fsp3) is 0.636. The number of nitrogens with two attached hydrogens (primary N) is 1. The number of ether oxygens (including phenoxy) is 1. The molecule has 35 heavy (non-hydrogen) atoms. The molecule has 1 amide bonds. The maximum atomic E-state index is 12.4. The second-order valence-electron chi connectivity index (χ2n) is 7.88. The summed E-state index contributed by atoms with van der Waals surface area (Å²) >= 11 is 6.88. The minimum Gasteiger partial charge on any atom is -0.494 e. The van der Waals surface area contributed by atoms with Crippen LogP contribution < -0.4 is 15.8 Å². The zero-order valence-corrected chi connectivity index (χ0v) is 26.2. The van der Waals surface area contributed by atoms with E-state index in [0.717, 1.165) is 72.9 Å². The quantitative estimate of drug-likeness (QED) is 0.103. The lowest BCUT2D eigenvalue weighted by Gasteiger charge is -2.19. The van der Waals surface area contributed by atoms with Crippen LogP contribution in [0.5, 0.6) is 5.75 Å². The Bertz CT molecular complexity index is 725. The van der Waals surface area contributed by atoms with Gasteiger partial charge in [-0.25, -0.2) is 0 Å². The largest absolute Gasteiger partial charge is 0.494 e. The molecule has 1 rings (SSSR count). The summed E-state index contributed by atoms with van der Waals surface area (Å²) in [5, 5.41) is 15.4. The van der Waals surface area contributed by atoms with Crippen molar-refractivity contribution in [1.82, 2.24) is 15.1 Å². The van der Waals surface area contributed by atoms with Crippen LogP contribution in [-0.4, -0.2) is 87.1 Å². The van der Waals surface area contributed by atoms with Crippen molar-refractivity contribution >= 4 is 80.7 Å². The number of halogens is 5. The Labute approximate surface area is 245 Å². The number of nitrogens with one attached hydrogen (secondary N) is 1. The van der Waals surface area contributed by atoms with Crippen LogP contribution >= 0.6 is 69.1 Å². The van der Waals surface area contributed by atoms with Gasteiger partial charge in [-0.1, -0.05) is 5.16 Å². The minimum absolute atomic E-state index is 0. The zero-order chi connectivity index (χ0) is 23.9. The summed E-state index contributed by atoms with van der Waals surface area (Å²) in [4.78, 5) is 17.0. The molecule has 0 spiro atoms. The van der Waals surface area contributed by atoms with E-state index in [0.29, 0.717) is 12.3 Å². The molecule has 0 aliphatic heterocycles. The van der Waals surface area contributed by atoms with Crippen molar-refractivity contribution in [1.29, 1.82) is 0 Å². The topological polar surface area (TPSA) is 103 Å². The molecule has 0 saturated carbocycles. The molecule has 0 heterocycles. The average molecular weight is 689 g/mol. The first-order valence-electron chi connectivity index (χ1n) is 10.9. The molecule has 0 unspecified atom stereocenters. The Kier molecular flexibility index (Phi) is 25.6. The molecule has 0 aliphatic carbocycles. The van der Waals surface area contributed by atoms with Gasteiger partial charge in [0.25, 0.3) is 5.91 Å². The van der Waals surface area contributed by atoms with Gasteiger partial charge in [-0.2, -0.15) is 0 Å². The number of oxime groups is 1. The highest BCUT2D eigenvalue weighted by molar-refractivity contribution is 9.11. The van der Waals surface area contributed by atoms with Crippen LogP contribution in [0.1, 0.15) is 31.2 Å². The molecule has 4 N–H and O–H groups in total. The van der Waals surface area contributed by atoms with Gasteiger partial charge in [-0.3, -0.25) is 4.79 Å². The lowest BCUT2D eigenvalue weighted by molar-refractivity contribution is -0.115. The van der Waals surface area contributed by atoms with Gasteiger partial charge in [0.05, 0.1) is 16.1 Å². The molecule has 0 bridgehead atoms. The smallest absolute Gasteiger partial charge is 0.269 e. The van der Waals surface area contributed by atoms with Crippen LogP contribution in [0.3, 0.4) is 0 Å². The predicted molar refractivity (Wildman–Crippen MR) is 159 cm³/mol. The molecule has 13 heteroatoms. The minimum atomic E-state index is -0.362. The number of hydrogen-bond acceptors (Lipinski definition) is 7. The van der Waals surface area contributed by atoms with Gasteiger partial charge in [-0.15, -0.1) is 37.2 Å². The van der Waals surface area contributed by atoms with E-state index in [1.807, 2.05) is 12.1 Å². The molecule has 0 atom stereocenters. The number of carbonyl (C=O) groups is 1. The van der Waals surface area contributed by atoms with Crippen molar-refractivity contribution in [3.63, 3.8) is 0 Å². The third kappa shape index (κ3) is 16.2. The van der Waals surface area contributed by atoms with Gasteiger partial charge < -0.3 is 30.8 Å². The average Bonchev–Trinajstić information content (AvgIpc) is 2.76. The number of hydrogen-bond donors (Lipinski definition) is 3. The third-order valence-corrected chi connectivity index (χ3v) is 6.27. The number of rotatable bonds is 16. The zero-order valence-electron chi connectivity index (χ0n) is 20.6. The molecular formula is C22H40Br2Cl3N5O3. The highest BCUT2D eigenvalue weighted by Crippen LogP contribution is 2.34. The maximum absolute atomic E-state index is 12.4. The lowest BCUT2D eigenvalue weighted by atomic mass is 10.1. The van der Waals surface area contributed by atoms with Gasteiger partial charge in [-0.05, 0) is 122 Å². The van der Waals surface area contributed by atoms with E-state index < -0.39 is 0 Å². The molecule has 8 nitrogen and oxygen atoms in total. The van der Waals surface area contributed by atoms with Gasteiger partial charge >= 0.3 is 0 Å². The monoisotopic (exact) mass is 685 g/mol. The molecule has 1 aromatic carbocycles. The highest BCUT2D eigenvalue weighted by Gasteiger charge is 2.15. The van der Waals surface area contributed by atoms with Crippen LogP contribution in [-0.2, 0) is 11.2 Å². The number of methoxy groups -OCH3 is 1. The van der Waals surface area contributed by atoms with Crippen LogP contribution in [0.2, 0.25) is 0 Å². The Morgan fingerprint density at radius 3 is 1.94 bits per heavy atom. The standard InChI is InChI=1S/C22H37Br2N5O3.3ClH/c1-28(12-6-8-25)10-4-5-11-29(2)13-7-9-26-22(30)20(27-31)16-17-14-18(23)21(32-3)19(24)15-17;;;/h14-15,31H,4-13,16,25H2,1-3H3,(H,26,30);3*1H/b27-20+;;;. The van der Waals surface area contributed by atoms with Gasteiger partial charge in [0.1, 0.15) is 11.5 Å². The van der Waals surface area contributed by atoms with E-state index in [2.05, 4.69) is 66.2 Å². The Morgan fingerprint density at radius 1 is 1.00 bits per heavy atom. The van der Waals surface area contributed by atoms with Crippen molar-refractivity contribution < 1.29 is 14.7 Å². The number of carbonyl (C=O) groups excluding carboxylic acids is 1. The van der Waals surface area contributed by atoms with E-state index in [9.17, 15) is 10.0 Å². The van der Waals surface area contributed by atoms with Gasteiger partial charge in [0, 0.05) is 13.0 Å². The Morgan fingerprint density at radius 2 is 1.49 bits per heavy atom. The molecule has 0 aliphatic rings. The summed E-state index contributed by atoms with van der Waals surface area (Å²) in [6.45, 7) is 5.34. The molecule has 0 fully saturated rings. The summed E-state index contributed by atoms with van der Waals surface area (Å²) in [6.07, 6.45) is 4.39. The van der Waals surface area contributed by atoms with Crippen molar-refractivity contribution in [3.8, 4) is 5.75 Å². The fourth-order valence-corrected chi connectivity index (χ4v) is 4.87. The van der Waals surface area contributed by atoms with E-state index in [1.54, 1.807) is 7.11 Å². The van der Waals surface area contributed by atoms with Crippen LogP contribution in [0.4, 0.5) is 0 Å². The summed E-state index contributed by atoms with van der Waals surface area (Å²) in [5.41, 5.74) is 6.43. The van der Waals surface area contributed by atoms with E-state index in [1.165, 1.54) is 0 Å². The van der Waals surface area contributed by atoms with Crippen molar-refractivity contribution in [2.75, 3.05) is 60.5 Å². The number of unbranched alkanes of at least 4 members (excludes halogenated alkanes) is 1. The second kappa shape index (κ2) is 22.8. The normalized spacial score (nSPS) is 10.9. The summed E-state index contributed by atoms with van der Waals surface area (Å²) in [7, 11) is 5.82. The van der Waals surface area contributed by atoms with Crippen LogP contribution in [0.15, 0.2) is 26.2 Å². The SMILES string of the molecule is COc1c(Br)cc(C/C(=N\O)C(=O)NCCCN(C)CCCCN(C)CCCN)cc1Br.Cl.Cl.Cl. The molecular weight excluding hydrogens is 648 g/mol. The van der Waals surface area contributed by atoms with Crippen molar-refractivity contribution in [2.24, 2.45) is 10.9 Å². The van der Waals surface area contributed by atoms with E-state index >= 15 is 0 Å². The number of nitrogens with zero attached hydrogens (tertiary/aromatic N) is 3. The third-order valence-electron chi connectivity index (χ3n) is 5.09. The maximum Gasteiger partial charge on any atom is 0.269 e. The summed E-state index contributed by atoms with van der Waals surface area (Å²) < 4.78 is 6.80. The van der Waals surface area contributed by atoms with E-state index in [-0.39, 0.29) is 55.3 Å². The Balaban J connectivity index is -0.00000341. The highest BCUT2D eigenvalue weighted by atomic mass is 79.9. The summed E-state index contributed by atoms with van der Waals surface area (Å²) in [6, 6.07) is 3.68. The molecule has 0 aromatic heterocycles. The molecule has 0 radical (unpaired) electrons. The molecule has 1 aromatic rings. The van der Waals surface area contributed by atoms with Crippen LogP contribution in [0, 0.1) is 0 Å². The first-order chi connectivity index (χ1) is 15.3. The predicted octanol–water partition coefficient (Wildman–Crippen LogP) is 4.36. The molecule has 0 saturated heterocycles. The molecule has 206 valence electrons. The summed E-state index contributed by atoms with van der Waals surface area (Å²) in [5.74, 6) is 0.308. The Hall–Kier alpha value is -0.330.